The average Bonchev–Trinajstić information content (AvgIpc) is 2.83. The predicted octanol–water partition coefficient (Wildman–Crippen LogP) is 2.99. The Morgan fingerprint density at radius 3 is 2.79 bits per heavy atom. The van der Waals surface area contributed by atoms with Crippen LogP contribution in [0.2, 0.25) is 0 Å². The maximum Gasteiger partial charge on any atom is 0.0939 e. The summed E-state index contributed by atoms with van der Waals surface area (Å²) >= 11 is 0. The second-order valence-corrected chi connectivity index (χ2v) is 7.01. The molecule has 2 fully saturated rings. The van der Waals surface area contributed by atoms with E-state index in [1.54, 1.807) is 0 Å². The van der Waals surface area contributed by atoms with Crippen molar-refractivity contribution in [1.82, 2.24) is 5.32 Å². The summed E-state index contributed by atoms with van der Waals surface area (Å²) in [5.74, 6) is 0.770. The van der Waals surface area contributed by atoms with Crippen LogP contribution >= 0.6 is 0 Å². The summed E-state index contributed by atoms with van der Waals surface area (Å²) < 4.78 is 11.6. The van der Waals surface area contributed by atoms with Gasteiger partial charge in [0.2, 0.25) is 0 Å². The number of nitrogens with one attached hydrogen (secondary N) is 1. The van der Waals surface area contributed by atoms with Gasteiger partial charge in [0.25, 0.3) is 0 Å². The standard InChI is InChI=1S/C16H31NO2/c1-4-8-17-9-6-15(2,3)14-5-10-19-16(12-14)7-11-18-13-16/h14,17H,4-13H2,1-3H3. The van der Waals surface area contributed by atoms with E-state index in [0.717, 1.165) is 45.2 Å². The van der Waals surface area contributed by atoms with Crippen LogP contribution in [0.15, 0.2) is 0 Å². The molecule has 0 saturated carbocycles. The van der Waals surface area contributed by atoms with Crippen molar-refractivity contribution in [3.63, 3.8) is 0 Å². The van der Waals surface area contributed by atoms with Crippen molar-refractivity contribution >= 4 is 0 Å². The molecule has 3 nitrogen and oxygen atoms in total. The van der Waals surface area contributed by atoms with Gasteiger partial charge in [-0.2, -0.15) is 0 Å². The quantitative estimate of drug-likeness (QED) is 0.752. The highest BCUT2D eigenvalue weighted by atomic mass is 16.6. The van der Waals surface area contributed by atoms with Crippen LogP contribution in [0.3, 0.4) is 0 Å². The first-order valence-corrected chi connectivity index (χ1v) is 8.00. The molecule has 2 heterocycles. The first kappa shape index (κ1) is 15.3. The van der Waals surface area contributed by atoms with Gasteiger partial charge in [0.15, 0.2) is 0 Å². The van der Waals surface area contributed by atoms with Crippen molar-refractivity contribution in [2.75, 3.05) is 32.9 Å². The van der Waals surface area contributed by atoms with Crippen LogP contribution in [-0.4, -0.2) is 38.5 Å². The predicted molar refractivity (Wildman–Crippen MR) is 78.4 cm³/mol. The van der Waals surface area contributed by atoms with Gasteiger partial charge in [-0.25, -0.2) is 0 Å². The Hall–Kier alpha value is -0.120. The molecule has 3 heteroatoms. The van der Waals surface area contributed by atoms with E-state index in [2.05, 4.69) is 26.1 Å². The molecule has 0 amide bonds. The van der Waals surface area contributed by atoms with Gasteiger partial charge in [-0.05, 0) is 50.1 Å². The van der Waals surface area contributed by atoms with Gasteiger partial charge in [0.1, 0.15) is 0 Å². The van der Waals surface area contributed by atoms with E-state index >= 15 is 0 Å². The summed E-state index contributed by atoms with van der Waals surface area (Å²) in [6.07, 6.45) is 5.97. The van der Waals surface area contributed by atoms with Gasteiger partial charge < -0.3 is 14.8 Å². The lowest BCUT2D eigenvalue weighted by atomic mass is 9.68. The fourth-order valence-corrected chi connectivity index (χ4v) is 3.47. The van der Waals surface area contributed by atoms with Gasteiger partial charge >= 0.3 is 0 Å². The largest absolute Gasteiger partial charge is 0.378 e. The van der Waals surface area contributed by atoms with Crippen LogP contribution in [0.5, 0.6) is 0 Å². The van der Waals surface area contributed by atoms with Gasteiger partial charge in [0, 0.05) is 19.6 Å². The highest BCUT2D eigenvalue weighted by Crippen LogP contribution is 2.44. The number of hydrogen-bond acceptors (Lipinski definition) is 3. The van der Waals surface area contributed by atoms with Crippen LogP contribution in [0.1, 0.15) is 52.9 Å². The van der Waals surface area contributed by atoms with Gasteiger partial charge in [-0.15, -0.1) is 0 Å². The zero-order valence-electron chi connectivity index (χ0n) is 13.0. The normalized spacial score (nSPS) is 32.1. The molecule has 2 saturated heterocycles. The van der Waals surface area contributed by atoms with E-state index in [1.807, 2.05) is 0 Å². The van der Waals surface area contributed by atoms with Crippen molar-refractivity contribution in [2.45, 2.75) is 58.5 Å². The van der Waals surface area contributed by atoms with E-state index in [1.165, 1.54) is 25.7 Å². The molecule has 0 aromatic rings. The zero-order chi connectivity index (χ0) is 13.8. The maximum atomic E-state index is 6.05. The summed E-state index contributed by atoms with van der Waals surface area (Å²) in [5, 5.41) is 3.54. The lowest BCUT2D eigenvalue weighted by Crippen LogP contribution is -2.45. The van der Waals surface area contributed by atoms with Crippen molar-refractivity contribution in [3.8, 4) is 0 Å². The van der Waals surface area contributed by atoms with Crippen LogP contribution in [-0.2, 0) is 9.47 Å². The average molecular weight is 269 g/mol. The maximum absolute atomic E-state index is 6.05. The number of rotatable bonds is 6. The lowest BCUT2D eigenvalue weighted by Gasteiger charge is -2.44. The number of ether oxygens (including phenoxy) is 2. The molecule has 1 N–H and O–H groups in total. The molecule has 2 unspecified atom stereocenters. The molecule has 0 aliphatic carbocycles. The molecule has 0 bridgehead atoms. The lowest BCUT2D eigenvalue weighted by molar-refractivity contribution is -0.116. The molecular formula is C16H31NO2. The molecule has 2 atom stereocenters. The van der Waals surface area contributed by atoms with Gasteiger partial charge in [-0.1, -0.05) is 20.8 Å². The second kappa shape index (κ2) is 6.55. The van der Waals surface area contributed by atoms with E-state index in [0.29, 0.717) is 5.41 Å². The number of hydrogen-bond donors (Lipinski definition) is 1. The van der Waals surface area contributed by atoms with Crippen molar-refractivity contribution in [3.05, 3.63) is 0 Å². The first-order chi connectivity index (χ1) is 9.08. The fraction of sp³-hybridized carbons (Fsp3) is 1.00. The van der Waals surface area contributed by atoms with Crippen LogP contribution < -0.4 is 5.32 Å². The monoisotopic (exact) mass is 269 g/mol. The molecule has 112 valence electrons. The van der Waals surface area contributed by atoms with Crippen LogP contribution in [0, 0.1) is 11.3 Å². The third kappa shape index (κ3) is 3.93. The van der Waals surface area contributed by atoms with Crippen molar-refractivity contribution in [1.29, 1.82) is 0 Å². The summed E-state index contributed by atoms with van der Waals surface area (Å²) in [6, 6.07) is 0. The summed E-state index contributed by atoms with van der Waals surface area (Å²) in [7, 11) is 0. The Bertz CT molecular complexity index is 272. The second-order valence-electron chi connectivity index (χ2n) is 7.01. The zero-order valence-corrected chi connectivity index (χ0v) is 13.0. The molecule has 19 heavy (non-hydrogen) atoms. The third-order valence-corrected chi connectivity index (χ3v) is 5.04. The Balaban J connectivity index is 1.84. The Morgan fingerprint density at radius 1 is 1.26 bits per heavy atom. The summed E-state index contributed by atoms with van der Waals surface area (Å²) in [5.41, 5.74) is 0.456. The molecule has 2 aliphatic rings. The fourth-order valence-electron chi connectivity index (χ4n) is 3.47. The molecule has 0 radical (unpaired) electrons. The minimum atomic E-state index is 0.0526. The van der Waals surface area contributed by atoms with E-state index in [9.17, 15) is 0 Å². The minimum Gasteiger partial charge on any atom is -0.378 e. The van der Waals surface area contributed by atoms with Gasteiger partial charge in [-0.3, -0.25) is 0 Å². The molecule has 1 spiro atoms. The van der Waals surface area contributed by atoms with E-state index in [-0.39, 0.29) is 5.60 Å². The topological polar surface area (TPSA) is 30.5 Å². The molecule has 2 aliphatic heterocycles. The first-order valence-electron chi connectivity index (χ1n) is 8.00. The third-order valence-electron chi connectivity index (χ3n) is 5.04. The van der Waals surface area contributed by atoms with Crippen molar-refractivity contribution in [2.24, 2.45) is 11.3 Å². The van der Waals surface area contributed by atoms with E-state index < -0.39 is 0 Å². The molecule has 0 aromatic heterocycles. The van der Waals surface area contributed by atoms with Crippen molar-refractivity contribution < 1.29 is 9.47 Å². The molecule has 2 rings (SSSR count). The molecular weight excluding hydrogens is 238 g/mol. The Morgan fingerprint density at radius 2 is 2.11 bits per heavy atom. The minimum absolute atomic E-state index is 0.0526. The smallest absolute Gasteiger partial charge is 0.0939 e. The van der Waals surface area contributed by atoms with Crippen LogP contribution in [0.4, 0.5) is 0 Å². The van der Waals surface area contributed by atoms with E-state index in [4.69, 9.17) is 9.47 Å². The Labute approximate surface area is 118 Å². The van der Waals surface area contributed by atoms with Crippen LogP contribution in [0.25, 0.3) is 0 Å². The summed E-state index contributed by atoms with van der Waals surface area (Å²) in [4.78, 5) is 0. The molecule has 0 aromatic carbocycles. The SMILES string of the molecule is CCCNCCC(C)(C)C1CCOC2(CCOC2)C1. The summed E-state index contributed by atoms with van der Waals surface area (Å²) in [6.45, 7) is 12.0. The highest BCUT2D eigenvalue weighted by Gasteiger charge is 2.44. The van der Waals surface area contributed by atoms with Gasteiger partial charge in [0.05, 0.1) is 12.2 Å². The highest BCUT2D eigenvalue weighted by molar-refractivity contribution is 4.94. The Kier molecular flexibility index (Phi) is 5.27.